The Labute approximate surface area is 193 Å². The minimum absolute atomic E-state index is 0.0247. The quantitative estimate of drug-likeness (QED) is 0.407. The number of imidazole rings is 1. The summed E-state index contributed by atoms with van der Waals surface area (Å²) in [6.07, 6.45) is 0.449. The van der Waals surface area contributed by atoms with Crippen molar-refractivity contribution in [1.82, 2.24) is 9.55 Å². The van der Waals surface area contributed by atoms with E-state index in [4.69, 9.17) is 14.5 Å². The summed E-state index contributed by atoms with van der Waals surface area (Å²) in [4.78, 5) is 19.7. The van der Waals surface area contributed by atoms with Crippen molar-refractivity contribution < 1.29 is 14.3 Å². The lowest BCUT2D eigenvalue weighted by atomic mass is 10.1. The van der Waals surface area contributed by atoms with E-state index in [0.717, 1.165) is 28.1 Å². The van der Waals surface area contributed by atoms with E-state index in [1.54, 1.807) is 7.11 Å². The summed E-state index contributed by atoms with van der Waals surface area (Å²) in [5, 5.41) is 0. The van der Waals surface area contributed by atoms with Crippen molar-refractivity contribution in [3.8, 4) is 11.5 Å². The van der Waals surface area contributed by atoms with Crippen molar-refractivity contribution in [3.63, 3.8) is 0 Å². The van der Waals surface area contributed by atoms with Gasteiger partial charge in [0.2, 0.25) is 5.91 Å². The first-order valence-corrected chi connectivity index (χ1v) is 11.2. The number of hydrogen-bond donors (Lipinski definition) is 0. The molecule has 3 aromatic carbocycles. The number of para-hydroxylation sites is 4. The highest BCUT2D eigenvalue weighted by molar-refractivity contribution is 5.96. The summed E-state index contributed by atoms with van der Waals surface area (Å²) in [5.41, 5.74) is 4.08. The molecule has 1 saturated heterocycles. The Hall–Kier alpha value is -3.80. The molecule has 1 fully saturated rings. The van der Waals surface area contributed by atoms with Crippen LogP contribution in [0.25, 0.3) is 11.0 Å². The third-order valence-corrected chi connectivity index (χ3v) is 6.13. The third kappa shape index (κ3) is 4.16. The van der Waals surface area contributed by atoms with Crippen LogP contribution >= 0.6 is 0 Å². The van der Waals surface area contributed by atoms with Gasteiger partial charge in [0.15, 0.2) is 11.5 Å². The fraction of sp³-hybridized carbons (Fsp3) is 0.259. The lowest BCUT2D eigenvalue weighted by Gasteiger charge is -2.18. The smallest absolute Gasteiger partial charge is 0.227 e. The highest BCUT2D eigenvalue weighted by atomic mass is 16.5. The first kappa shape index (κ1) is 21.1. The molecule has 1 aliphatic heterocycles. The van der Waals surface area contributed by atoms with Gasteiger partial charge in [0.1, 0.15) is 12.4 Å². The minimum Gasteiger partial charge on any atom is -0.493 e. The van der Waals surface area contributed by atoms with Gasteiger partial charge in [-0.05, 0) is 48.9 Å². The Morgan fingerprint density at radius 1 is 1.00 bits per heavy atom. The molecule has 0 saturated carbocycles. The number of aromatic nitrogens is 2. The van der Waals surface area contributed by atoms with Crippen LogP contribution in [-0.2, 0) is 11.3 Å². The van der Waals surface area contributed by atoms with Crippen LogP contribution in [-0.4, -0.2) is 35.7 Å². The molecule has 1 aromatic heterocycles. The van der Waals surface area contributed by atoms with Crippen molar-refractivity contribution in [1.29, 1.82) is 0 Å². The Morgan fingerprint density at radius 2 is 1.79 bits per heavy atom. The number of anilines is 1. The van der Waals surface area contributed by atoms with Gasteiger partial charge in [-0.25, -0.2) is 4.98 Å². The normalized spacial score (nSPS) is 15.9. The van der Waals surface area contributed by atoms with Crippen molar-refractivity contribution in [2.24, 2.45) is 0 Å². The van der Waals surface area contributed by atoms with Crippen molar-refractivity contribution >= 4 is 22.6 Å². The lowest BCUT2D eigenvalue weighted by Crippen LogP contribution is -2.24. The van der Waals surface area contributed by atoms with E-state index in [1.165, 1.54) is 0 Å². The van der Waals surface area contributed by atoms with Crippen LogP contribution in [0.15, 0.2) is 72.8 Å². The fourth-order valence-corrected chi connectivity index (χ4v) is 4.55. The van der Waals surface area contributed by atoms with Crippen LogP contribution in [0.3, 0.4) is 0 Å². The molecule has 4 aromatic rings. The molecule has 6 heteroatoms. The second kappa shape index (κ2) is 8.98. The summed E-state index contributed by atoms with van der Waals surface area (Å²) in [6, 6.07) is 23.8. The Bertz CT molecular complexity index is 1300. The van der Waals surface area contributed by atoms with E-state index in [0.29, 0.717) is 37.6 Å². The van der Waals surface area contributed by atoms with Gasteiger partial charge in [-0.3, -0.25) is 4.79 Å². The number of hydrogen-bond acceptors (Lipinski definition) is 4. The third-order valence-electron chi connectivity index (χ3n) is 6.13. The second-order valence-electron chi connectivity index (χ2n) is 8.35. The molecule has 0 spiro atoms. The van der Waals surface area contributed by atoms with Gasteiger partial charge < -0.3 is 18.9 Å². The fourth-order valence-electron chi connectivity index (χ4n) is 4.55. The predicted octanol–water partition coefficient (Wildman–Crippen LogP) is 4.95. The first-order valence-electron chi connectivity index (χ1n) is 11.2. The molecule has 0 bridgehead atoms. The molecule has 1 aliphatic rings. The number of nitrogens with zero attached hydrogens (tertiary/aromatic N) is 3. The van der Waals surface area contributed by atoms with Crippen LogP contribution in [0.2, 0.25) is 0 Å². The van der Waals surface area contributed by atoms with Crippen molar-refractivity contribution in [2.45, 2.75) is 25.8 Å². The van der Waals surface area contributed by atoms with E-state index in [1.807, 2.05) is 72.5 Å². The van der Waals surface area contributed by atoms with Crippen molar-refractivity contribution in [2.75, 3.05) is 25.2 Å². The molecule has 0 N–H and O–H groups in total. The number of aryl methyl sites for hydroxylation is 1. The Morgan fingerprint density at radius 3 is 2.61 bits per heavy atom. The molecule has 0 radical (unpaired) electrons. The maximum atomic E-state index is 12.9. The van der Waals surface area contributed by atoms with E-state index in [9.17, 15) is 4.79 Å². The van der Waals surface area contributed by atoms with Crippen LogP contribution in [0.5, 0.6) is 11.5 Å². The average molecular weight is 442 g/mol. The molecular weight excluding hydrogens is 414 g/mol. The van der Waals surface area contributed by atoms with Gasteiger partial charge in [-0.15, -0.1) is 0 Å². The summed E-state index contributed by atoms with van der Waals surface area (Å²) in [5.74, 6) is 2.52. The largest absolute Gasteiger partial charge is 0.493 e. The topological polar surface area (TPSA) is 56.6 Å². The number of benzene rings is 3. The second-order valence-corrected chi connectivity index (χ2v) is 8.35. The molecule has 6 nitrogen and oxygen atoms in total. The molecule has 1 amide bonds. The summed E-state index contributed by atoms with van der Waals surface area (Å²) < 4.78 is 13.6. The van der Waals surface area contributed by atoms with Gasteiger partial charge >= 0.3 is 0 Å². The van der Waals surface area contributed by atoms with E-state index in [2.05, 4.69) is 16.7 Å². The highest BCUT2D eigenvalue weighted by Gasteiger charge is 2.34. The Balaban J connectivity index is 1.41. The number of rotatable bonds is 7. The summed E-state index contributed by atoms with van der Waals surface area (Å²) in [7, 11) is 1.64. The van der Waals surface area contributed by atoms with Gasteiger partial charge in [-0.2, -0.15) is 0 Å². The molecular formula is C27H27N3O3. The number of methoxy groups -OCH3 is 1. The van der Waals surface area contributed by atoms with E-state index < -0.39 is 0 Å². The zero-order chi connectivity index (χ0) is 22.8. The number of carbonyl (C=O) groups is 1. The van der Waals surface area contributed by atoms with Crippen LogP contribution < -0.4 is 14.4 Å². The molecule has 168 valence electrons. The van der Waals surface area contributed by atoms with Gasteiger partial charge in [-0.1, -0.05) is 36.4 Å². The monoisotopic (exact) mass is 441 g/mol. The molecule has 0 unspecified atom stereocenters. The summed E-state index contributed by atoms with van der Waals surface area (Å²) in [6.45, 7) is 3.76. The van der Waals surface area contributed by atoms with Gasteiger partial charge in [0.05, 0.1) is 24.7 Å². The maximum absolute atomic E-state index is 12.9. The van der Waals surface area contributed by atoms with Crippen LogP contribution in [0.1, 0.15) is 23.7 Å². The van der Waals surface area contributed by atoms with E-state index in [-0.39, 0.29) is 11.8 Å². The standard InChI is InChI=1S/C27H27N3O3/c1-19-8-7-9-21(16-19)30-18-20(17-26(30)31)27-28-22-10-3-4-11-23(22)29(27)14-15-33-25-13-6-5-12-24(25)32-2/h3-13,16,20H,14-15,17-18H2,1-2H3/t20-/m1/s1. The zero-order valence-electron chi connectivity index (χ0n) is 18.9. The molecule has 0 aliphatic carbocycles. The van der Waals surface area contributed by atoms with Crippen molar-refractivity contribution in [3.05, 3.63) is 84.2 Å². The Kier molecular flexibility index (Phi) is 5.73. The number of carbonyl (C=O) groups excluding carboxylic acids is 1. The average Bonchev–Trinajstić information content (AvgIpc) is 3.40. The zero-order valence-corrected chi connectivity index (χ0v) is 18.9. The van der Waals surface area contributed by atoms with E-state index >= 15 is 0 Å². The van der Waals surface area contributed by atoms with Crippen LogP contribution in [0, 0.1) is 6.92 Å². The molecule has 2 heterocycles. The molecule has 1 atom stereocenters. The first-order chi connectivity index (χ1) is 16.1. The molecule has 5 rings (SSSR count). The predicted molar refractivity (Wildman–Crippen MR) is 129 cm³/mol. The van der Waals surface area contributed by atoms with Gasteiger partial charge in [0, 0.05) is 24.6 Å². The molecule has 33 heavy (non-hydrogen) atoms. The number of ether oxygens (including phenoxy) is 2. The SMILES string of the molecule is COc1ccccc1OCCn1c([C@@H]2CC(=O)N(c3cccc(C)c3)C2)nc2ccccc21. The maximum Gasteiger partial charge on any atom is 0.227 e. The highest BCUT2D eigenvalue weighted by Crippen LogP contribution is 2.33. The lowest BCUT2D eigenvalue weighted by molar-refractivity contribution is -0.117. The number of fused-ring (bicyclic) bond motifs is 1. The number of amides is 1. The van der Waals surface area contributed by atoms with Crippen LogP contribution in [0.4, 0.5) is 5.69 Å². The van der Waals surface area contributed by atoms with Gasteiger partial charge in [0.25, 0.3) is 0 Å². The summed E-state index contributed by atoms with van der Waals surface area (Å²) >= 11 is 0. The minimum atomic E-state index is 0.0247.